The summed E-state index contributed by atoms with van der Waals surface area (Å²) in [6.07, 6.45) is 3.60. The number of anilines is 1. The number of fused-ring (bicyclic) bond motifs is 1. The normalized spacial score (nSPS) is 23.9. The molecule has 2 unspecified atom stereocenters. The molecule has 1 aromatic rings. The Kier molecular flexibility index (Phi) is 2.58. The maximum absolute atomic E-state index is 11.2. The number of pyridine rings is 1. The van der Waals surface area contributed by atoms with E-state index < -0.39 is 5.97 Å². The standard InChI is InChI=1S/C12H16N2O2/c1-6-3-7(2)9-5-14-11(13)10(12(15)16)8(9)4-6/h5-7H,3-4H2,1-2H3,(H2,13,14)(H,15,16). The summed E-state index contributed by atoms with van der Waals surface area (Å²) in [7, 11) is 0. The molecular weight excluding hydrogens is 204 g/mol. The second-order valence-electron chi connectivity index (χ2n) is 4.70. The molecule has 0 saturated carbocycles. The van der Waals surface area contributed by atoms with E-state index in [1.807, 2.05) is 0 Å². The van der Waals surface area contributed by atoms with Gasteiger partial charge in [-0.25, -0.2) is 9.78 Å². The first-order valence-electron chi connectivity index (χ1n) is 5.51. The molecule has 0 bridgehead atoms. The molecule has 0 spiro atoms. The maximum atomic E-state index is 11.2. The van der Waals surface area contributed by atoms with E-state index in [0.717, 1.165) is 24.0 Å². The van der Waals surface area contributed by atoms with Crippen LogP contribution in [0.2, 0.25) is 0 Å². The number of carbonyl (C=O) groups is 1. The van der Waals surface area contributed by atoms with Crippen molar-refractivity contribution in [3.63, 3.8) is 0 Å². The van der Waals surface area contributed by atoms with Gasteiger partial charge >= 0.3 is 5.97 Å². The van der Waals surface area contributed by atoms with Crippen LogP contribution >= 0.6 is 0 Å². The molecule has 0 aromatic carbocycles. The van der Waals surface area contributed by atoms with Gasteiger partial charge in [0, 0.05) is 6.20 Å². The second kappa shape index (κ2) is 3.77. The van der Waals surface area contributed by atoms with E-state index in [1.54, 1.807) is 6.20 Å². The van der Waals surface area contributed by atoms with Crippen molar-refractivity contribution < 1.29 is 9.90 Å². The van der Waals surface area contributed by atoms with Crippen molar-refractivity contribution in [1.82, 2.24) is 4.98 Å². The molecule has 0 aliphatic heterocycles. The van der Waals surface area contributed by atoms with Crippen LogP contribution in [0.1, 0.15) is 47.7 Å². The molecule has 3 N–H and O–H groups in total. The number of nitrogens with two attached hydrogens (primary N) is 1. The minimum atomic E-state index is -0.969. The van der Waals surface area contributed by atoms with Gasteiger partial charge in [0.25, 0.3) is 0 Å². The highest BCUT2D eigenvalue weighted by Crippen LogP contribution is 2.36. The van der Waals surface area contributed by atoms with Crippen LogP contribution in [0.4, 0.5) is 5.82 Å². The molecule has 2 atom stereocenters. The summed E-state index contributed by atoms with van der Waals surface area (Å²) in [5.41, 5.74) is 7.78. The molecule has 2 rings (SSSR count). The lowest BCUT2D eigenvalue weighted by molar-refractivity contribution is 0.0696. The highest BCUT2D eigenvalue weighted by Gasteiger charge is 2.27. The zero-order valence-electron chi connectivity index (χ0n) is 9.53. The number of hydrogen-bond acceptors (Lipinski definition) is 3. The quantitative estimate of drug-likeness (QED) is 0.759. The fourth-order valence-electron chi connectivity index (χ4n) is 2.63. The molecule has 4 heteroatoms. The average molecular weight is 220 g/mol. The minimum Gasteiger partial charge on any atom is -0.478 e. The average Bonchev–Trinajstić information content (AvgIpc) is 2.15. The molecule has 0 fully saturated rings. The molecule has 1 aromatic heterocycles. The number of aromatic nitrogens is 1. The number of hydrogen-bond donors (Lipinski definition) is 2. The SMILES string of the molecule is CC1Cc2c(cnc(N)c2C(=O)O)C(C)C1. The first-order chi connectivity index (χ1) is 7.50. The number of rotatable bonds is 1. The third-order valence-electron chi connectivity index (χ3n) is 3.30. The first kappa shape index (κ1) is 10.9. The molecule has 4 nitrogen and oxygen atoms in total. The highest BCUT2D eigenvalue weighted by molar-refractivity contribution is 5.94. The molecule has 1 aliphatic rings. The lowest BCUT2D eigenvalue weighted by Gasteiger charge is -2.28. The number of nitrogen functional groups attached to an aromatic ring is 1. The summed E-state index contributed by atoms with van der Waals surface area (Å²) in [6.45, 7) is 4.25. The molecule has 1 aliphatic carbocycles. The number of aromatic carboxylic acids is 1. The smallest absolute Gasteiger partial charge is 0.339 e. The van der Waals surface area contributed by atoms with E-state index in [-0.39, 0.29) is 11.4 Å². The summed E-state index contributed by atoms with van der Waals surface area (Å²) in [5, 5.41) is 9.17. The third kappa shape index (κ3) is 1.64. The van der Waals surface area contributed by atoms with Crippen molar-refractivity contribution >= 4 is 11.8 Å². The summed E-state index contributed by atoms with van der Waals surface area (Å²) >= 11 is 0. The van der Waals surface area contributed by atoms with E-state index in [4.69, 9.17) is 5.73 Å². The van der Waals surface area contributed by atoms with Crippen molar-refractivity contribution in [3.05, 3.63) is 22.9 Å². The van der Waals surface area contributed by atoms with Crippen molar-refractivity contribution in [2.24, 2.45) is 5.92 Å². The topological polar surface area (TPSA) is 76.2 Å². The van der Waals surface area contributed by atoms with Crippen LogP contribution in [0.5, 0.6) is 0 Å². The number of carboxylic acids is 1. The fourth-order valence-corrected chi connectivity index (χ4v) is 2.63. The zero-order chi connectivity index (χ0) is 11.9. The summed E-state index contributed by atoms with van der Waals surface area (Å²) in [4.78, 5) is 15.2. The molecular formula is C12H16N2O2. The molecule has 0 amide bonds. The summed E-state index contributed by atoms with van der Waals surface area (Å²) in [6, 6.07) is 0. The van der Waals surface area contributed by atoms with E-state index in [1.165, 1.54) is 0 Å². The summed E-state index contributed by atoms with van der Waals surface area (Å²) < 4.78 is 0. The molecule has 0 saturated heterocycles. The second-order valence-corrected chi connectivity index (χ2v) is 4.70. The third-order valence-corrected chi connectivity index (χ3v) is 3.30. The van der Waals surface area contributed by atoms with Crippen LogP contribution in [-0.2, 0) is 6.42 Å². The molecule has 0 radical (unpaired) electrons. The van der Waals surface area contributed by atoms with E-state index in [0.29, 0.717) is 11.8 Å². The Labute approximate surface area is 94.5 Å². The van der Waals surface area contributed by atoms with Gasteiger partial charge in [-0.3, -0.25) is 0 Å². The van der Waals surface area contributed by atoms with Gasteiger partial charge in [0.1, 0.15) is 11.4 Å². The van der Waals surface area contributed by atoms with Crippen molar-refractivity contribution in [2.75, 3.05) is 5.73 Å². The Morgan fingerprint density at radius 1 is 1.56 bits per heavy atom. The zero-order valence-corrected chi connectivity index (χ0v) is 9.53. The Hall–Kier alpha value is -1.58. The maximum Gasteiger partial charge on any atom is 0.339 e. The Morgan fingerprint density at radius 2 is 2.25 bits per heavy atom. The molecule has 1 heterocycles. The van der Waals surface area contributed by atoms with Gasteiger partial charge in [0.15, 0.2) is 0 Å². The Morgan fingerprint density at radius 3 is 2.88 bits per heavy atom. The highest BCUT2D eigenvalue weighted by atomic mass is 16.4. The molecule has 16 heavy (non-hydrogen) atoms. The van der Waals surface area contributed by atoms with Crippen LogP contribution in [-0.4, -0.2) is 16.1 Å². The summed E-state index contributed by atoms with van der Waals surface area (Å²) in [5.74, 6) is 0.0306. The van der Waals surface area contributed by atoms with E-state index in [9.17, 15) is 9.90 Å². The Balaban J connectivity index is 2.62. The number of nitrogens with zero attached hydrogens (tertiary/aromatic N) is 1. The molecule has 86 valence electrons. The van der Waals surface area contributed by atoms with E-state index in [2.05, 4.69) is 18.8 Å². The van der Waals surface area contributed by atoms with Crippen molar-refractivity contribution in [3.8, 4) is 0 Å². The van der Waals surface area contributed by atoms with Gasteiger partial charge in [-0.1, -0.05) is 13.8 Å². The monoisotopic (exact) mass is 220 g/mol. The van der Waals surface area contributed by atoms with Gasteiger partial charge < -0.3 is 10.8 Å². The Bertz CT molecular complexity index is 443. The van der Waals surface area contributed by atoms with Crippen LogP contribution < -0.4 is 5.73 Å². The van der Waals surface area contributed by atoms with Crippen molar-refractivity contribution in [1.29, 1.82) is 0 Å². The fraction of sp³-hybridized carbons (Fsp3) is 0.500. The van der Waals surface area contributed by atoms with Gasteiger partial charge in [-0.15, -0.1) is 0 Å². The lowest BCUT2D eigenvalue weighted by Crippen LogP contribution is -2.20. The van der Waals surface area contributed by atoms with Gasteiger partial charge in [-0.2, -0.15) is 0 Å². The first-order valence-corrected chi connectivity index (χ1v) is 5.51. The van der Waals surface area contributed by atoms with Gasteiger partial charge in [-0.05, 0) is 35.8 Å². The van der Waals surface area contributed by atoms with E-state index >= 15 is 0 Å². The van der Waals surface area contributed by atoms with Crippen LogP contribution in [0.3, 0.4) is 0 Å². The van der Waals surface area contributed by atoms with Crippen molar-refractivity contribution in [2.45, 2.75) is 32.6 Å². The van der Waals surface area contributed by atoms with Crippen LogP contribution in [0.15, 0.2) is 6.20 Å². The number of carboxylic acid groups (broad SMARTS) is 1. The predicted octanol–water partition coefficient (Wildman–Crippen LogP) is 2.05. The largest absolute Gasteiger partial charge is 0.478 e. The lowest BCUT2D eigenvalue weighted by atomic mass is 9.77. The minimum absolute atomic E-state index is 0.132. The van der Waals surface area contributed by atoms with Gasteiger partial charge in [0.2, 0.25) is 0 Å². The van der Waals surface area contributed by atoms with Gasteiger partial charge in [0.05, 0.1) is 0 Å². The predicted molar refractivity (Wildman–Crippen MR) is 61.5 cm³/mol. The van der Waals surface area contributed by atoms with Crippen LogP contribution in [0, 0.1) is 5.92 Å². The van der Waals surface area contributed by atoms with Crippen LogP contribution in [0.25, 0.3) is 0 Å².